The molecule has 0 N–H and O–H groups in total. The van der Waals surface area contributed by atoms with Crippen LogP contribution in [0.5, 0.6) is 5.75 Å². The van der Waals surface area contributed by atoms with Crippen LogP contribution < -0.4 is 10.3 Å². The average molecular weight is 412 g/mol. The number of thiophene rings is 1. The smallest absolute Gasteiger partial charge is 0.263 e. The van der Waals surface area contributed by atoms with Gasteiger partial charge in [0.15, 0.2) is 0 Å². The normalized spacial score (nSPS) is 16.1. The number of hydrogen-bond donors (Lipinski definition) is 0. The first-order valence-corrected chi connectivity index (χ1v) is 11.2. The summed E-state index contributed by atoms with van der Waals surface area (Å²) in [5.74, 6) is 1.98. The molecule has 0 saturated carbocycles. The fraction of sp³-hybridized carbons (Fsp3) is 0.478. The van der Waals surface area contributed by atoms with E-state index in [4.69, 9.17) is 9.72 Å². The monoisotopic (exact) mass is 411 g/mol. The number of nitrogens with zero attached hydrogens (tertiary/aromatic N) is 3. The highest BCUT2D eigenvalue weighted by Gasteiger charge is 2.26. The number of likely N-dealkylation sites (tertiary alicyclic amines) is 1. The second kappa shape index (κ2) is 7.92. The van der Waals surface area contributed by atoms with Gasteiger partial charge in [0.25, 0.3) is 5.56 Å². The number of fused-ring (bicyclic) bond motifs is 1. The van der Waals surface area contributed by atoms with Crippen molar-refractivity contribution in [2.45, 2.75) is 45.6 Å². The first-order chi connectivity index (χ1) is 13.9. The van der Waals surface area contributed by atoms with E-state index in [1.807, 2.05) is 23.6 Å². The Morgan fingerprint density at radius 2 is 1.97 bits per heavy atom. The van der Waals surface area contributed by atoms with E-state index in [0.29, 0.717) is 0 Å². The number of ether oxygens (including phenoxy) is 1. The van der Waals surface area contributed by atoms with Gasteiger partial charge in [0.2, 0.25) is 0 Å². The maximum Gasteiger partial charge on any atom is 0.263 e. The van der Waals surface area contributed by atoms with Crippen LogP contribution in [-0.2, 0) is 0 Å². The molecule has 3 aromatic rings. The molecule has 1 saturated heterocycles. The third kappa shape index (κ3) is 3.60. The van der Waals surface area contributed by atoms with Crippen molar-refractivity contribution < 1.29 is 4.74 Å². The molecule has 0 spiro atoms. The predicted molar refractivity (Wildman–Crippen MR) is 120 cm³/mol. The van der Waals surface area contributed by atoms with Crippen LogP contribution in [0.4, 0.5) is 0 Å². The predicted octanol–water partition coefficient (Wildman–Crippen LogP) is 4.83. The van der Waals surface area contributed by atoms with Gasteiger partial charge in [-0.3, -0.25) is 9.36 Å². The van der Waals surface area contributed by atoms with Gasteiger partial charge in [0, 0.05) is 22.9 Å². The Kier molecular flexibility index (Phi) is 5.49. The SMILES string of the molecule is COc1ccc(-c2csc3nc(C(C)C)n(C4CCN(C)CC4)c(=O)c23)cc1C. The van der Waals surface area contributed by atoms with Gasteiger partial charge in [-0.25, -0.2) is 4.98 Å². The molecule has 1 fully saturated rings. The van der Waals surface area contributed by atoms with Crippen molar-refractivity contribution in [3.63, 3.8) is 0 Å². The Balaban J connectivity index is 1.90. The molecule has 5 nitrogen and oxygen atoms in total. The van der Waals surface area contributed by atoms with Crippen molar-refractivity contribution in [3.8, 4) is 16.9 Å². The molecule has 4 rings (SSSR count). The van der Waals surface area contributed by atoms with Crippen molar-refractivity contribution >= 4 is 21.6 Å². The Morgan fingerprint density at radius 1 is 1.24 bits per heavy atom. The molecule has 1 aliphatic heterocycles. The summed E-state index contributed by atoms with van der Waals surface area (Å²) in [6.45, 7) is 8.31. The number of piperidine rings is 1. The second-order valence-corrected chi connectivity index (χ2v) is 9.21. The van der Waals surface area contributed by atoms with E-state index in [2.05, 4.69) is 37.2 Å². The van der Waals surface area contributed by atoms with Crippen LogP contribution >= 0.6 is 11.3 Å². The summed E-state index contributed by atoms with van der Waals surface area (Å²) >= 11 is 1.56. The van der Waals surface area contributed by atoms with E-state index in [1.54, 1.807) is 18.4 Å². The number of methoxy groups -OCH3 is 1. The molecule has 0 atom stereocenters. The second-order valence-electron chi connectivity index (χ2n) is 8.35. The molecule has 0 radical (unpaired) electrons. The van der Waals surface area contributed by atoms with Gasteiger partial charge in [0.1, 0.15) is 16.4 Å². The van der Waals surface area contributed by atoms with E-state index in [0.717, 1.165) is 64.4 Å². The van der Waals surface area contributed by atoms with E-state index in [-0.39, 0.29) is 17.5 Å². The summed E-state index contributed by atoms with van der Waals surface area (Å²) in [6, 6.07) is 6.32. The summed E-state index contributed by atoms with van der Waals surface area (Å²) in [5, 5.41) is 2.83. The third-order valence-electron chi connectivity index (χ3n) is 5.94. The van der Waals surface area contributed by atoms with Crippen LogP contribution in [0, 0.1) is 6.92 Å². The minimum Gasteiger partial charge on any atom is -0.496 e. The summed E-state index contributed by atoms with van der Waals surface area (Å²) in [5.41, 5.74) is 3.19. The largest absolute Gasteiger partial charge is 0.496 e. The molecule has 6 heteroatoms. The van der Waals surface area contributed by atoms with Crippen molar-refractivity contribution in [1.29, 1.82) is 0 Å². The van der Waals surface area contributed by atoms with Crippen LogP contribution in [0.1, 0.15) is 50.0 Å². The van der Waals surface area contributed by atoms with Crippen molar-refractivity contribution in [2.24, 2.45) is 0 Å². The minimum absolute atomic E-state index is 0.109. The molecule has 2 aromatic heterocycles. The number of aromatic nitrogens is 2. The zero-order chi connectivity index (χ0) is 20.7. The molecule has 1 aromatic carbocycles. The molecular weight excluding hydrogens is 382 g/mol. The van der Waals surface area contributed by atoms with Crippen LogP contribution in [0.15, 0.2) is 28.4 Å². The van der Waals surface area contributed by atoms with Crippen LogP contribution in [0.3, 0.4) is 0 Å². The highest BCUT2D eigenvalue weighted by Crippen LogP contribution is 2.35. The molecule has 0 aliphatic carbocycles. The lowest BCUT2D eigenvalue weighted by Crippen LogP contribution is -2.37. The van der Waals surface area contributed by atoms with Gasteiger partial charge in [-0.2, -0.15) is 0 Å². The molecule has 3 heterocycles. The maximum absolute atomic E-state index is 13.8. The molecule has 0 unspecified atom stereocenters. The summed E-state index contributed by atoms with van der Waals surface area (Å²) in [6.07, 6.45) is 1.98. The molecule has 0 bridgehead atoms. The van der Waals surface area contributed by atoms with Gasteiger partial charge >= 0.3 is 0 Å². The topological polar surface area (TPSA) is 47.4 Å². The third-order valence-corrected chi connectivity index (χ3v) is 6.81. The zero-order valence-electron chi connectivity index (χ0n) is 17.9. The van der Waals surface area contributed by atoms with Crippen molar-refractivity contribution in [2.75, 3.05) is 27.2 Å². The number of benzene rings is 1. The fourth-order valence-corrected chi connectivity index (χ4v) is 5.24. The number of rotatable bonds is 4. The van der Waals surface area contributed by atoms with Gasteiger partial charge < -0.3 is 9.64 Å². The van der Waals surface area contributed by atoms with Crippen LogP contribution in [0.2, 0.25) is 0 Å². The van der Waals surface area contributed by atoms with E-state index < -0.39 is 0 Å². The molecule has 1 aliphatic rings. The first kappa shape index (κ1) is 20.1. The lowest BCUT2D eigenvalue weighted by atomic mass is 10.0. The number of hydrogen-bond acceptors (Lipinski definition) is 5. The molecule has 154 valence electrons. The fourth-order valence-electron chi connectivity index (χ4n) is 4.29. The minimum atomic E-state index is 0.109. The first-order valence-electron chi connectivity index (χ1n) is 10.3. The molecule has 29 heavy (non-hydrogen) atoms. The van der Waals surface area contributed by atoms with E-state index in [1.165, 1.54) is 0 Å². The Morgan fingerprint density at radius 3 is 2.59 bits per heavy atom. The quantitative estimate of drug-likeness (QED) is 0.617. The van der Waals surface area contributed by atoms with Crippen LogP contribution in [0.25, 0.3) is 21.3 Å². The Bertz CT molecular complexity index is 1090. The molecule has 0 amide bonds. The Labute approximate surface area is 176 Å². The van der Waals surface area contributed by atoms with Crippen molar-refractivity contribution in [1.82, 2.24) is 14.5 Å². The Hall–Kier alpha value is -2.18. The zero-order valence-corrected chi connectivity index (χ0v) is 18.7. The van der Waals surface area contributed by atoms with Gasteiger partial charge in [0.05, 0.1) is 12.5 Å². The summed E-state index contributed by atoms with van der Waals surface area (Å²) < 4.78 is 7.40. The lowest BCUT2D eigenvalue weighted by Gasteiger charge is -2.32. The van der Waals surface area contributed by atoms with Crippen molar-refractivity contribution in [3.05, 3.63) is 45.3 Å². The summed E-state index contributed by atoms with van der Waals surface area (Å²) in [7, 11) is 3.83. The lowest BCUT2D eigenvalue weighted by molar-refractivity contribution is 0.215. The highest BCUT2D eigenvalue weighted by atomic mass is 32.1. The van der Waals surface area contributed by atoms with Gasteiger partial charge in [-0.1, -0.05) is 19.9 Å². The average Bonchev–Trinajstić information content (AvgIpc) is 3.13. The van der Waals surface area contributed by atoms with E-state index >= 15 is 0 Å². The number of aryl methyl sites for hydroxylation is 1. The standard InChI is InChI=1S/C23H29N3O2S/c1-14(2)21-24-22-20(23(27)26(21)17-8-10-25(4)11-9-17)18(13-29-22)16-6-7-19(28-5)15(3)12-16/h6-7,12-14,17H,8-11H2,1-5H3. The van der Waals surface area contributed by atoms with Gasteiger partial charge in [-0.05, 0) is 63.2 Å². The maximum atomic E-state index is 13.8. The van der Waals surface area contributed by atoms with Crippen LogP contribution in [-0.4, -0.2) is 41.7 Å². The van der Waals surface area contributed by atoms with E-state index in [9.17, 15) is 4.79 Å². The highest BCUT2D eigenvalue weighted by molar-refractivity contribution is 7.17. The molecular formula is C23H29N3O2S. The van der Waals surface area contributed by atoms with Gasteiger partial charge in [-0.15, -0.1) is 11.3 Å². The summed E-state index contributed by atoms with van der Waals surface area (Å²) in [4.78, 5) is 21.9.